The number of thioether (sulfide) groups is 1. The van der Waals surface area contributed by atoms with Crippen LogP contribution in [0.25, 0.3) is 0 Å². The lowest BCUT2D eigenvalue weighted by molar-refractivity contribution is -0.118. The van der Waals surface area contributed by atoms with Crippen LogP contribution in [0.2, 0.25) is 0 Å². The Kier molecular flexibility index (Phi) is 5.19. The number of hydrogen-bond acceptors (Lipinski definition) is 3. The van der Waals surface area contributed by atoms with Crippen molar-refractivity contribution in [1.82, 2.24) is 5.32 Å². The average Bonchev–Trinajstić information content (AvgIpc) is 2.25. The minimum absolute atomic E-state index is 0.0792. The number of carbonyl (C=O) groups is 1. The fourth-order valence-corrected chi connectivity index (χ4v) is 1.81. The first kappa shape index (κ1) is 12.9. The van der Waals surface area contributed by atoms with Crippen LogP contribution in [0.3, 0.4) is 0 Å². The van der Waals surface area contributed by atoms with E-state index in [0.717, 1.165) is 17.1 Å². The van der Waals surface area contributed by atoms with Crippen molar-refractivity contribution in [1.29, 1.82) is 0 Å². The van der Waals surface area contributed by atoms with E-state index < -0.39 is 0 Å². The third kappa shape index (κ3) is 5.07. The van der Waals surface area contributed by atoms with Gasteiger partial charge in [0.2, 0.25) is 5.91 Å². The van der Waals surface area contributed by atoms with Gasteiger partial charge in [-0.1, -0.05) is 13.8 Å². The molecule has 3 N–H and O–H groups in total. The standard InChI is InChI=1S/C12H18N2OS/c1-9(2)7-14-12(15)8-16-11-5-3-10(13)4-6-11/h3-6,9H,7-8,13H2,1-2H3,(H,14,15). The largest absolute Gasteiger partial charge is 0.399 e. The minimum Gasteiger partial charge on any atom is -0.399 e. The molecule has 1 aromatic rings. The van der Waals surface area contributed by atoms with Crippen LogP contribution >= 0.6 is 11.8 Å². The van der Waals surface area contributed by atoms with Crippen molar-refractivity contribution >= 4 is 23.4 Å². The van der Waals surface area contributed by atoms with E-state index in [1.807, 2.05) is 24.3 Å². The molecule has 0 aromatic heterocycles. The molecular weight excluding hydrogens is 220 g/mol. The second kappa shape index (κ2) is 6.43. The Hall–Kier alpha value is -1.16. The molecule has 0 atom stereocenters. The Balaban J connectivity index is 2.29. The normalized spacial score (nSPS) is 10.4. The van der Waals surface area contributed by atoms with Crippen LogP contribution in [0.15, 0.2) is 29.2 Å². The van der Waals surface area contributed by atoms with E-state index in [0.29, 0.717) is 11.7 Å². The summed E-state index contributed by atoms with van der Waals surface area (Å²) in [6, 6.07) is 7.54. The highest BCUT2D eigenvalue weighted by Crippen LogP contribution is 2.18. The molecule has 0 radical (unpaired) electrons. The Labute approximate surface area is 101 Å². The molecule has 0 heterocycles. The van der Waals surface area contributed by atoms with E-state index in [2.05, 4.69) is 19.2 Å². The molecule has 16 heavy (non-hydrogen) atoms. The quantitative estimate of drug-likeness (QED) is 0.610. The summed E-state index contributed by atoms with van der Waals surface area (Å²) in [6.45, 7) is 4.89. The maximum atomic E-state index is 11.4. The summed E-state index contributed by atoms with van der Waals surface area (Å²) in [5, 5.41) is 2.88. The first-order chi connectivity index (χ1) is 7.58. The Morgan fingerprint density at radius 3 is 2.56 bits per heavy atom. The molecule has 3 nitrogen and oxygen atoms in total. The first-order valence-corrected chi connectivity index (χ1v) is 6.31. The van der Waals surface area contributed by atoms with Gasteiger partial charge in [-0.25, -0.2) is 0 Å². The number of amides is 1. The number of carbonyl (C=O) groups excluding carboxylic acids is 1. The number of nitrogens with one attached hydrogen (secondary N) is 1. The zero-order chi connectivity index (χ0) is 12.0. The summed E-state index contributed by atoms with van der Waals surface area (Å²) < 4.78 is 0. The maximum absolute atomic E-state index is 11.4. The minimum atomic E-state index is 0.0792. The van der Waals surface area contributed by atoms with Crippen molar-refractivity contribution in [2.45, 2.75) is 18.7 Å². The van der Waals surface area contributed by atoms with Gasteiger partial charge in [0.15, 0.2) is 0 Å². The lowest BCUT2D eigenvalue weighted by Crippen LogP contribution is -2.28. The molecule has 88 valence electrons. The summed E-state index contributed by atoms with van der Waals surface area (Å²) >= 11 is 1.52. The SMILES string of the molecule is CC(C)CNC(=O)CSc1ccc(N)cc1. The van der Waals surface area contributed by atoms with E-state index >= 15 is 0 Å². The highest BCUT2D eigenvalue weighted by atomic mass is 32.2. The average molecular weight is 238 g/mol. The van der Waals surface area contributed by atoms with Gasteiger partial charge in [-0.05, 0) is 30.2 Å². The van der Waals surface area contributed by atoms with Crippen LogP contribution in [0, 0.1) is 5.92 Å². The zero-order valence-electron chi connectivity index (χ0n) is 9.69. The number of hydrogen-bond donors (Lipinski definition) is 2. The fraction of sp³-hybridized carbons (Fsp3) is 0.417. The Morgan fingerprint density at radius 2 is 2.00 bits per heavy atom. The molecule has 0 saturated carbocycles. The smallest absolute Gasteiger partial charge is 0.230 e. The summed E-state index contributed by atoms with van der Waals surface area (Å²) in [5.74, 6) is 1.03. The molecule has 0 spiro atoms. The van der Waals surface area contributed by atoms with Crippen LogP contribution in [0.1, 0.15) is 13.8 Å². The van der Waals surface area contributed by atoms with Gasteiger partial charge in [-0.3, -0.25) is 4.79 Å². The molecule has 1 aromatic carbocycles. The number of nitrogens with two attached hydrogens (primary N) is 1. The molecule has 0 unspecified atom stereocenters. The van der Waals surface area contributed by atoms with Gasteiger partial charge in [0.25, 0.3) is 0 Å². The highest BCUT2D eigenvalue weighted by molar-refractivity contribution is 8.00. The molecule has 1 rings (SSSR count). The van der Waals surface area contributed by atoms with Gasteiger partial charge in [0.05, 0.1) is 5.75 Å². The number of anilines is 1. The second-order valence-corrected chi connectivity index (χ2v) is 5.10. The van der Waals surface area contributed by atoms with Crippen molar-refractivity contribution in [3.8, 4) is 0 Å². The topological polar surface area (TPSA) is 55.1 Å². The van der Waals surface area contributed by atoms with E-state index in [-0.39, 0.29) is 5.91 Å². The van der Waals surface area contributed by atoms with Crippen molar-refractivity contribution in [3.05, 3.63) is 24.3 Å². The summed E-state index contributed by atoms with van der Waals surface area (Å²) in [5.41, 5.74) is 6.32. The van der Waals surface area contributed by atoms with Crippen LogP contribution < -0.4 is 11.1 Å². The molecule has 0 aliphatic heterocycles. The van der Waals surface area contributed by atoms with Gasteiger partial charge in [-0.15, -0.1) is 11.8 Å². The third-order valence-corrected chi connectivity index (χ3v) is 2.97. The summed E-state index contributed by atoms with van der Waals surface area (Å²) in [4.78, 5) is 12.5. The Bertz CT molecular complexity index is 335. The maximum Gasteiger partial charge on any atom is 0.230 e. The molecule has 0 aliphatic rings. The summed E-state index contributed by atoms with van der Waals surface area (Å²) in [7, 11) is 0. The van der Waals surface area contributed by atoms with Crippen LogP contribution in [0.5, 0.6) is 0 Å². The molecule has 0 fully saturated rings. The van der Waals surface area contributed by atoms with Gasteiger partial charge in [0, 0.05) is 17.1 Å². The molecule has 4 heteroatoms. The zero-order valence-corrected chi connectivity index (χ0v) is 10.5. The second-order valence-electron chi connectivity index (χ2n) is 4.06. The fourth-order valence-electron chi connectivity index (χ4n) is 1.08. The highest BCUT2D eigenvalue weighted by Gasteiger charge is 2.03. The monoisotopic (exact) mass is 238 g/mol. The summed E-state index contributed by atoms with van der Waals surface area (Å²) in [6.07, 6.45) is 0. The van der Waals surface area contributed by atoms with Gasteiger partial charge < -0.3 is 11.1 Å². The Morgan fingerprint density at radius 1 is 1.38 bits per heavy atom. The van der Waals surface area contributed by atoms with Crippen LogP contribution in [0.4, 0.5) is 5.69 Å². The van der Waals surface area contributed by atoms with Crippen molar-refractivity contribution in [2.24, 2.45) is 5.92 Å². The van der Waals surface area contributed by atoms with E-state index in [1.165, 1.54) is 11.8 Å². The van der Waals surface area contributed by atoms with E-state index in [9.17, 15) is 4.79 Å². The first-order valence-electron chi connectivity index (χ1n) is 5.33. The number of rotatable bonds is 5. The van der Waals surface area contributed by atoms with Crippen LogP contribution in [-0.4, -0.2) is 18.2 Å². The molecular formula is C12H18N2OS. The van der Waals surface area contributed by atoms with E-state index in [4.69, 9.17) is 5.73 Å². The van der Waals surface area contributed by atoms with Gasteiger partial charge in [-0.2, -0.15) is 0 Å². The number of nitrogen functional groups attached to an aromatic ring is 1. The van der Waals surface area contributed by atoms with Crippen LogP contribution in [-0.2, 0) is 4.79 Å². The molecule has 1 amide bonds. The number of benzene rings is 1. The van der Waals surface area contributed by atoms with Gasteiger partial charge >= 0.3 is 0 Å². The molecule has 0 bridgehead atoms. The van der Waals surface area contributed by atoms with Crippen molar-refractivity contribution in [3.63, 3.8) is 0 Å². The van der Waals surface area contributed by atoms with Gasteiger partial charge in [0.1, 0.15) is 0 Å². The lowest BCUT2D eigenvalue weighted by Gasteiger charge is -2.07. The third-order valence-electron chi connectivity index (χ3n) is 1.96. The predicted molar refractivity (Wildman–Crippen MR) is 69.4 cm³/mol. The van der Waals surface area contributed by atoms with Crippen molar-refractivity contribution in [2.75, 3.05) is 18.0 Å². The van der Waals surface area contributed by atoms with E-state index in [1.54, 1.807) is 0 Å². The predicted octanol–water partition coefficient (Wildman–Crippen LogP) is 2.13. The molecule has 0 saturated heterocycles. The molecule has 0 aliphatic carbocycles. The lowest BCUT2D eigenvalue weighted by atomic mass is 10.2. The van der Waals surface area contributed by atoms with Crippen molar-refractivity contribution < 1.29 is 4.79 Å².